The number of aromatic nitrogens is 3. The van der Waals surface area contributed by atoms with Gasteiger partial charge in [0.1, 0.15) is 0 Å². The molecule has 0 bridgehead atoms. The predicted octanol–water partition coefficient (Wildman–Crippen LogP) is 4.37. The quantitative estimate of drug-likeness (QED) is 0.506. The summed E-state index contributed by atoms with van der Waals surface area (Å²) >= 11 is 0. The van der Waals surface area contributed by atoms with E-state index in [2.05, 4.69) is 10.4 Å². The molecule has 3 aromatic rings. The molecule has 0 atom stereocenters. The summed E-state index contributed by atoms with van der Waals surface area (Å²) in [6.07, 6.45) is 2.74. The Morgan fingerprint density at radius 3 is 2.53 bits per heavy atom. The van der Waals surface area contributed by atoms with Crippen LogP contribution in [-0.2, 0) is 4.79 Å². The fourth-order valence-electron chi connectivity index (χ4n) is 3.85. The highest BCUT2D eigenvalue weighted by Crippen LogP contribution is 2.28. The second kappa shape index (κ2) is 10.4. The van der Waals surface area contributed by atoms with Crippen molar-refractivity contribution in [1.29, 1.82) is 0 Å². The summed E-state index contributed by atoms with van der Waals surface area (Å²) in [6, 6.07) is 9.97. The van der Waals surface area contributed by atoms with E-state index in [4.69, 9.17) is 4.98 Å². The van der Waals surface area contributed by atoms with E-state index in [9.17, 15) is 9.59 Å². The van der Waals surface area contributed by atoms with E-state index in [1.54, 1.807) is 6.20 Å². The monoisotopic (exact) mass is 435 g/mol. The van der Waals surface area contributed by atoms with Gasteiger partial charge in [-0.15, -0.1) is 0 Å². The third kappa shape index (κ3) is 4.98. The van der Waals surface area contributed by atoms with Crippen molar-refractivity contribution < 1.29 is 9.59 Å². The van der Waals surface area contributed by atoms with E-state index in [1.165, 1.54) is 0 Å². The topological polar surface area (TPSA) is 80.1 Å². The lowest BCUT2D eigenvalue weighted by Crippen LogP contribution is -2.31. The Morgan fingerprint density at radius 1 is 1.16 bits per heavy atom. The maximum atomic E-state index is 13.1. The van der Waals surface area contributed by atoms with Crippen LogP contribution in [0.15, 0.2) is 36.5 Å². The fourth-order valence-corrected chi connectivity index (χ4v) is 3.85. The molecule has 3 rings (SSSR count). The maximum Gasteiger partial charge on any atom is 0.252 e. The molecule has 0 spiro atoms. The molecule has 0 saturated heterocycles. The van der Waals surface area contributed by atoms with Gasteiger partial charge in [0.05, 0.1) is 22.8 Å². The smallest absolute Gasteiger partial charge is 0.252 e. The van der Waals surface area contributed by atoms with Gasteiger partial charge in [-0.3, -0.25) is 9.59 Å². The summed E-state index contributed by atoms with van der Waals surface area (Å²) in [6.45, 7) is 11.9. The number of benzene rings is 1. The molecule has 32 heavy (non-hydrogen) atoms. The van der Waals surface area contributed by atoms with Crippen LogP contribution in [0.3, 0.4) is 0 Å². The minimum Gasteiger partial charge on any atom is -0.352 e. The number of fused-ring (bicyclic) bond motifs is 1. The fraction of sp³-hybridized carbons (Fsp3) is 0.440. The molecule has 0 aliphatic rings. The van der Waals surface area contributed by atoms with Crippen LogP contribution in [-0.4, -0.2) is 51.1 Å². The van der Waals surface area contributed by atoms with E-state index in [0.29, 0.717) is 43.7 Å². The number of hydrogen-bond acceptors (Lipinski definition) is 4. The normalized spacial score (nSPS) is 11.2. The van der Waals surface area contributed by atoms with Crippen LogP contribution in [0.25, 0.3) is 22.3 Å². The van der Waals surface area contributed by atoms with Crippen molar-refractivity contribution in [2.75, 3.05) is 19.6 Å². The molecular formula is C25H33N5O2. The summed E-state index contributed by atoms with van der Waals surface area (Å²) < 4.78 is 1.84. The first-order chi connectivity index (χ1) is 15.4. The number of carbonyl (C=O) groups excluding carboxylic acids is 2. The lowest BCUT2D eigenvalue weighted by molar-refractivity contribution is -0.130. The molecule has 7 heteroatoms. The van der Waals surface area contributed by atoms with Crippen molar-refractivity contribution in [3.8, 4) is 11.3 Å². The Morgan fingerprint density at radius 2 is 1.88 bits per heavy atom. The molecule has 2 amide bonds. The van der Waals surface area contributed by atoms with Gasteiger partial charge in [-0.05, 0) is 52.7 Å². The molecule has 2 heterocycles. The maximum absolute atomic E-state index is 13.1. The van der Waals surface area contributed by atoms with Crippen LogP contribution in [0, 0.1) is 6.92 Å². The first-order valence-electron chi connectivity index (χ1n) is 11.4. The number of nitrogens with one attached hydrogen (secondary N) is 1. The molecule has 2 aromatic heterocycles. The lowest BCUT2D eigenvalue weighted by atomic mass is 10.0. The number of hydrogen-bond donors (Lipinski definition) is 1. The molecule has 1 N–H and O–H groups in total. The average molecular weight is 436 g/mol. The average Bonchev–Trinajstić information content (AvgIpc) is 3.21. The molecule has 0 saturated carbocycles. The molecule has 0 unspecified atom stereocenters. The van der Waals surface area contributed by atoms with Crippen LogP contribution in [0.2, 0.25) is 0 Å². The van der Waals surface area contributed by atoms with Crippen molar-refractivity contribution in [2.45, 2.75) is 53.5 Å². The molecule has 0 aliphatic carbocycles. The number of aryl methyl sites for hydroxylation is 1. The summed E-state index contributed by atoms with van der Waals surface area (Å²) in [4.78, 5) is 32.0. The van der Waals surface area contributed by atoms with Crippen molar-refractivity contribution in [2.24, 2.45) is 0 Å². The molecule has 7 nitrogen and oxygen atoms in total. The van der Waals surface area contributed by atoms with Gasteiger partial charge in [-0.1, -0.05) is 24.3 Å². The van der Waals surface area contributed by atoms with Crippen molar-refractivity contribution >= 4 is 22.8 Å². The Kier molecular flexibility index (Phi) is 7.62. The van der Waals surface area contributed by atoms with Crippen LogP contribution in [0.1, 0.15) is 62.5 Å². The van der Waals surface area contributed by atoms with Crippen molar-refractivity contribution in [3.05, 3.63) is 47.7 Å². The molecule has 0 fully saturated rings. The number of amides is 2. The van der Waals surface area contributed by atoms with E-state index in [0.717, 1.165) is 22.2 Å². The SMILES string of the molecule is CCN(CC)C(=O)CCCNC(=O)c1cc(-c2ccccc2C)nc2c1cnn2C(C)C. The minimum atomic E-state index is -0.175. The summed E-state index contributed by atoms with van der Waals surface area (Å²) in [5.74, 6) is -0.0542. The zero-order valence-electron chi connectivity index (χ0n) is 19.7. The standard InChI is InChI=1S/C25H33N5O2/c1-6-29(7-2)23(31)13-10-14-26-25(32)20-15-22(19-12-9-8-11-18(19)5)28-24-21(20)16-27-30(24)17(3)4/h8-9,11-12,15-17H,6-7,10,13-14H2,1-5H3,(H,26,32). The van der Waals surface area contributed by atoms with E-state index >= 15 is 0 Å². The zero-order chi connectivity index (χ0) is 23.3. The minimum absolute atomic E-state index is 0.120. The second-order valence-corrected chi connectivity index (χ2v) is 8.22. The predicted molar refractivity (Wildman–Crippen MR) is 128 cm³/mol. The Hall–Kier alpha value is -3.22. The Bertz CT molecular complexity index is 1100. The van der Waals surface area contributed by atoms with Gasteiger partial charge in [0.15, 0.2) is 5.65 Å². The van der Waals surface area contributed by atoms with Crippen LogP contribution >= 0.6 is 0 Å². The Balaban J connectivity index is 1.86. The first-order valence-corrected chi connectivity index (χ1v) is 11.4. The molecule has 0 radical (unpaired) electrons. The third-order valence-corrected chi connectivity index (χ3v) is 5.69. The number of rotatable bonds is 9. The first kappa shape index (κ1) is 23.4. The van der Waals surface area contributed by atoms with Gasteiger partial charge in [-0.25, -0.2) is 9.67 Å². The van der Waals surface area contributed by atoms with Gasteiger partial charge >= 0.3 is 0 Å². The Labute approximate surface area is 189 Å². The highest BCUT2D eigenvalue weighted by Gasteiger charge is 2.19. The number of nitrogens with zero attached hydrogens (tertiary/aromatic N) is 4. The lowest BCUT2D eigenvalue weighted by Gasteiger charge is -2.18. The van der Waals surface area contributed by atoms with Crippen LogP contribution < -0.4 is 5.32 Å². The van der Waals surface area contributed by atoms with Crippen molar-refractivity contribution in [3.63, 3.8) is 0 Å². The van der Waals surface area contributed by atoms with Gasteiger partial charge < -0.3 is 10.2 Å². The summed E-state index contributed by atoms with van der Waals surface area (Å²) in [5.41, 5.74) is 4.08. The van der Waals surface area contributed by atoms with Gasteiger partial charge in [0.25, 0.3) is 5.91 Å². The third-order valence-electron chi connectivity index (χ3n) is 5.69. The number of pyridine rings is 1. The van der Waals surface area contributed by atoms with Crippen LogP contribution in [0.5, 0.6) is 0 Å². The highest BCUT2D eigenvalue weighted by atomic mass is 16.2. The van der Waals surface area contributed by atoms with E-state index in [1.807, 2.05) is 74.5 Å². The van der Waals surface area contributed by atoms with Gasteiger partial charge in [0, 0.05) is 37.7 Å². The van der Waals surface area contributed by atoms with E-state index in [-0.39, 0.29) is 17.9 Å². The largest absolute Gasteiger partial charge is 0.352 e. The van der Waals surface area contributed by atoms with Gasteiger partial charge in [0.2, 0.25) is 5.91 Å². The zero-order valence-corrected chi connectivity index (χ0v) is 19.7. The second-order valence-electron chi connectivity index (χ2n) is 8.22. The summed E-state index contributed by atoms with van der Waals surface area (Å²) in [7, 11) is 0. The number of carbonyl (C=O) groups is 2. The molecular weight excluding hydrogens is 402 g/mol. The van der Waals surface area contributed by atoms with Crippen molar-refractivity contribution in [1.82, 2.24) is 25.0 Å². The molecule has 1 aromatic carbocycles. The van der Waals surface area contributed by atoms with Gasteiger partial charge in [-0.2, -0.15) is 5.10 Å². The molecule has 0 aliphatic heterocycles. The highest BCUT2D eigenvalue weighted by molar-refractivity contribution is 6.06. The van der Waals surface area contributed by atoms with Crippen LogP contribution in [0.4, 0.5) is 0 Å². The summed E-state index contributed by atoms with van der Waals surface area (Å²) in [5, 5.41) is 8.19. The molecule has 170 valence electrons. The van der Waals surface area contributed by atoms with E-state index < -0.39 is 0 Å².